The van der Waals surface area contributed by atoms with E-state index in [9.17, 15) is 36.2 Å². The van der Waals surface area contributed by atoms with Crippen molar-refractivity contribution in [1.82, 2.24) is 14.7 Å². The summed E-state index contributed by atoms with van der Waals surface area (Å²) in [5.74, 6) is -1.08. The minimum atomic E-state index is -5.07. The quantitative estimate of drug-likeness (QED) is 0.436. The first-order valence-corrected chi connectivity index (χ1v) is 13.7. The zero-order valence-corrected chi connectivity index (χ0v) is 23.4. The monoisotopic (exact) mass is 607 g/mol. The van der Waals surface area contributed by atoms with Gasteiger partial charge >= 0.3 is 12.4 Å². The summed E-state index contributed by atoms with van der Waals surface area (Å²) < 4.78 is 86.6. The van der Waals surface area contributed by atoms with Gasteiger partial charge in [-0.25, -0.2) is 0 Å². The van der Waals surface area contributed by atoms with Crippen LogP contribution in [0.5, 0.6) is 5.75 Å². The Hall–Kier alpha value is -2.54. The Morgan fingerprint density at radius 3 is 2.05 bits per heavy atom. The molecule has 0 saturated carbocycles. The summed E-state index contributed by atoms with van der Waals surface area (Å²) in [6, 6.07) is 4.95. The number of ether oxygens (including phenoxy) is 1. The molecule has 6 nitrogen and oxygen atoms in total. The van der Waals surface area contributed by atoms with E-state index in [-0.39, 0.29) is 42.0 Å². The first-order valence-electron chi connectivity index (χ1n) is 13.3. The third-order valence-corrected chi connectivity index (χ3v) is 7.69. The van der Waals surface area contributed by atoms with E-state index in [0.717, 1.165) is 19.6 Å². The molecule has 0 aromatic heterocycles. The zero-order valence-electron chi connectivity index (χ0n) is 22.6. The Kier molecular flexibility index (Phi) is 9.47. The van der Waals surface area contributed by atoms with Crippen LogP contribution in [0.15, 0.2) is 36.4 Å². The minimum absolute atomic E-state index is 0.00996. The smallest absolute Gasteiger partial charge is 0.416 e. The Morgan fingerprint density at radius 2 is 1.49 bits per heavy atom. The molecule has 2 aromatic rings. The van der Waals surface area contributed by atoms with E-state index in [1.165, 1.54) is 17.0 Å². The number of halogens is 7. The molecule has 2 saturated heterocycles. The molecule has 0 spiro atoms. The molecule has 13 heteroatoms. The number of phenols is 1. The summed E-state index contributed by atoms with van der Waals surface area (Å²) in [6.07, 6.45) is -9.74. The van der Waals surface area contributed by atoms with Gasteiger partial charge in [0.25, 0.3) is 5.91 Å². The first kappa shape index (κ1) is 31.4. The van der Waals surface area contributed by atoms with Crippen LogP contribution in [-0.4, -0.2) is 89.8 Å². The van der Waals surface area contributed by atoms with Crippen molar-refractivity contribution in [2.45, 2.75) is 50.9 Å². The molecule has 2 heterocycles. The van der Waals surface area contributed by atoms with Crippen molar-refractivity contribution in [3.05, 3.63) is 63.7 Å². The van der Waals surface area contributed by atoms with Crippen LogP contribution in [-0.2, 0) is 23.5 Å². The first-order chi connectivity index (χ1) is 19.1. The summed E-state index contributed by atoms with van der Waals surface area (Å²) >= 11 is 5.92. The molecule has 226 valence electrons. The lowest BCUT2D eigenvalue weighted by Crippen LogP contribution is -2.57. The highest BCUT2D eigenvalue weighted by Gasteiger charge is 2.39. The molecular formula is C28H32ClF6N3O3. The summed E-state index contributed by atoms with van der Waals surface area (Å²) in [4.78, 5) is 19.3. The van der Waals surface area contributed by atoms with Gasteiger partial charge in [-0.05, 0) is 56.2 Å². The number of nitrogens with zero attached hydrogens (tertiary/aromatic N) is 3. The zero-order chi connectivity index (χ0) is 30.1. The van der Waals surface area contributed by atoms with Crippen molar-refractivity contribution in [3.63, 3.8) is 0 Å². The lowest BCUT2D eigenvalue weighted by atomic mass is 9.99. The number of piperazine rings is 1. The van der Waals surface area contributed by atoms with Crippen LogP contribution in [0.1, 0.15) is 40.9 Å². The van der Waals surface area contributed by atoms with Gasteiger partial charge in [0.1, 0.15) is 5.75 Å². The van der Waals surface area contributed by atoms with Crippen LogP contribution < -0.4 is 0 Å². The molecule has 0 bridgehead atoms. The van der Waals surface area contributed by atoms with Crippen molar-refractivity contribution >= 4 is 17.5 Å². The van der Waals surface area contributed by atoms with Crippen LogP contribution in [0.4, 0.5) is 26.3 Å². The number of amides is 1. The van der Waals surface area contributed by atoms with Crippen LogP contribution in [0.2, 0.25) is 5.02 Å². The van der Waals surface area contributed by atoms with Gasteiger partial charge in [0.2, 0.25) is 0 Å². The van der Waals surface area contributed by atoms with Crippen molar-refractivity contribution in [3.8, 4) is 5.75 Å². The second kappa shape index (κ2) is 12.4. The van der Waals surface area contributed by atoms with Crippen molar-refractivity contribution in [2.24, 2.45) is 0 Å². The molecular weight excluding hydrogens is 576 g/mol. The van der Waals surface area contributed by atoms with Crippen LogP contribution in [0.3, 0.4) is 0 Å². The third kappa shape index (κ3) is 8.06. The standard InChI is InChI=1S/C28H32ClF6N3O3/c1-17-14-37(15-18(2)41-17)6-5-36-7-8-38(23(16-36)9-19-3-4-24(29)25(39)10-19)26(40)20-11-21(27(30,31)32)13-22(12-20)28(33,34)35/h3-4,10-13,17-18,23,39H,5-9,14-16H2,1-2H3/t17?,18?,23-/m1/s1. The second-order valence-electron chi connectivity index (χ2n) is 10.8. The van der Waals surface area contributed by atoms with Crippen LogP contribution in [0.25, 0.3) is 0 Å². The number of hydrogen-bond acceptors (Lipinski definition) is 5. The van der Waals surface area contributed by atoms with Gasteiger partial charge in [-0.1, -0.05) is 17.7 Å². The number of hydrogen-bond donors (Lipinski definition) is 1. The van der Waals surface area contributed by atoms with Gasteiger partial charge in [-0.15, -0.1) is 0 Å². The van der Waals surface area contributed by atoms with E-state index in [1.807, 2.05) is 13.8 Å². The fourth-order valence-corrected chi connectivity index (χ4v) is 5.63. The van der Waals surface area contributed by atoms with E-state index in [1.54, 1.807) is 6.07 Å². The van der Waals surface area contributed by atoms with Crippen LogP contribution in [0, 0.1) is 0 Å². The van der Waals surface area contributed by atoms with Gasteiger partial charge < -0.3 is 14.7 Å². The number of rotatable bonds is 6. The van der Waals surface area contributed by atoms with Crippen molar-refractivity contribution in [2.75, 3.05) is 45.8 Å². The molecule has 4 rings (SSSR count). The molecule has 1 N–H and O–H groups in total. The van der Waals surface area contributed by atoms with Crippen molar-refractivity contribution < 1.29 is 41.0 Å². The minimum Gasteiger partial charge on any atom is -0.506 e. The molecule has 2 unspecified atom stereocenters. The fraction of sp³-hybridized carbons (Fsp3) is 0.536. The molecule has 3 atom stereocenters. The average molecular weight is 608 g/mol. The Morgan fingerprint density at radius 1 is 0.902 bits per heavy atom. The van der Waals surface area contributed by atoms with E-state index >= 15 is 0 Å². The molecule has 41 heavy (non-hydrogen) atoms. The summed E-state index contributed by atoms with van der Waals surface area (Å²) in [6.45, 7) is 7.79. The van der Waals surface area contributed by atoms with Gasteiger partial charge in [0.05, 0.1) is 28.4 Å². The van der Waals surface area contributed by atoms with E-state index < -0.39 is 41.0 Å². The molecule has 2 aliphatic heterocycles. The number of carbonyl (C=O) groups excluding carboxylic acids is 1. The summed E-state index contributed by atoms with van der Waals surface area (Å²) in [5, 5.41) is 10.2. The molecule has 1 amide bonds. The largest absolute Gasteiger partial charge is 0.506 e. The Bertz CT molecular complexity index is 1200. The number of alkyl halides is 6. The SMILES string of the molecule is CC1CN(CCN2CCN(C(=O)c3cc(C(F)(F)F)cc(C(F)(F)F)c3)[C@H](Cc3ccc(Cl)c(O)c3)C2)CC(C)O1. The van der Waals surface area contributed by atoms with Crippen molar-refractivity contribution in [1.29, 1.82) is 0 Å². The highest BCUT2D eigenvalue weighted by atomic mass is 35.5. The summed E-state index contributed by atoms with van der Waals surface area (Å²) in [5.41, 5.74) is -3.14. The topological polar surface area (TPSA) is 56.2 Å². The highest BCUT2D eigenvalue weighted by molar-refractivity contribution is 6.32. The number of benzene rings is 2. The Labute approximate surface area is 239 Å². The molecule has 2 fully saturated rings. The van der Waals surface area contributed by atoms with Crippen LogP contribution >= 0.6 is 11.6 Å². The molecule has 0 aliphatic carbocycles. The maximum atomic E-state index is 13.5. The fourth-order valence-electron chi connectivity index (χ4n) is 5.52. The number of phenolic OH excluding ortho intramolecular Hbond substituents is 1. The maximum Gasteiger partial charge on any atom is 0.416 e. The number of carbonyl (C=O) groups is 1. The lowest BCUT2D eigenvalue weighted by Gasteiger charge is -2.43. The van der Waals surface area contributed by atoms with Gasteiger partial charge in [0, 0.05) is 57.4 Å². The van der Waals surface area contributed by atoms with E-state index in [4.69, 9.17) is 16.3 Å². The number of morpholine rings is 1. The highest BCUT2D eigenvalue weighted by Crippen LogP contribution is 2.37. The normalized spacial score (nSPS) is 23.1. The number of aromatic hydroxyl groups is 1. The van der Waals surface area contributed by atoms with Gasteiger partial charge in [-0.3, -0.25) is 14.6 Å². The average Bonchev–Trinajstić information content (AvgIpc) is 2.87. The molecule has 0 radical (unpaired) electrons. The molecule has 2 aromatic carbocycles. The predicted octanol–water partition coefficient (Wildman–Crippen LogP) is 5.56. The lowest BCUT2D eigenvalue weighted by molar-refractivity contribution is -0.143. The predicted molar refractivity (Wildman–Crippen MR) is 141 cm³/mol. The van der Waals surface area contributed by atoms with E-state index in [0.29, 0.717) is 37.3 Å². The Balaban J connectivity index is 1.58. The molecule has 2 aliphatic rings. The third-order valence-electron chi connectivity index (χ3n) is 7.37. The summed E-state index contributed by atoms with van der Waals surface area (Å²) in [7, 11) is 0. The van der Waals surface area contributed by atoms with E-state index in [2.05, 4.69) is 9.80 Å². The van der Waals surface area contributed by atoms with Gasteiger partial charge in [-0.2, -0.15) is 26.3 Å². The van der Waals surface area contributed by atoms with Gasteiger partial charge in [0.15, 0.2) is 0 Å². The second-order valence-corrected chi connectivity index (χ2v) is 11.2. The maximum absolute atomic E-state index is 13.5.